The Morgan fingerprint density at radius 1 is 1.45 bits per heavy atom. The third kappa shape index (κ3) is 1.95. The van der Waals surface area contributed by atoms with Gasteiger partial charge in [-0.1, -0.05) is 6.92 Å². The lowest BCUT2D eigenvalue weighted by Gasteiger charge is -2.36. The van der Waals surface area contributed by atoms with Crippen molar-refractivity contribution in [3.05, 3.63) is 11.5 Å². The summed E-state index contributed by atoms with van der Waals surface area (Å²) >= 11 is 6.14. The fraction of sp³-hybridized carbons (Fsp3) is 0.714. The number of aryl methyl sites for hydroxylation is 2. The molecular formula is C14H21ClN4O. The number of hydrogen-bond acceptors (Lipinski definition) is 3. The molecule has 6 heteroatoms. The first-order valence-electron chi connectivity index (χ1n) is 7.18. The quantitative estimate of drug-likeness (QED) is 0.818. The zero-order valence-corrected chi connectivity index (χ0v) is 13.1. The highest BCUT2D eigenvalue weighted by atomic mass is 35.5. The maximum Gasteiger partial charge on any atom is 0.159 e. The van der Waals surface area contributed by atoms with Crippen LogP contribution in [0.5, 0.6) is 0 Å². The number of hydrogen-bond donors (Lipinski definition) is 0. The third-order valence-corrected chi connectivity index (χ3v) is 4.42. The molecule has 1 unspecified atom stereocenters. The van der Waals surface area contributed by atoms with Crippen LogP contribution in [0.4, 0.5) is 0 Å². The van der Waals surface area contributed by atoms with Crippen LogP contribution in [0.3, 0.4) is 0 Å². The molecule has 0 aromatic carbocycles. The number of nitrogens with zero attached hydrogens (tertiary/aromatic N) is 4. The van der Waals surface area contributed by atoms with Crippen molar-refractivity contribution in [2.75, 3.05) is 13.2 Å². The van der Waals surface area contributed by atoms with Crippen LogP contribution < -0.4 is 0 Å². The van der Waals surface area contributed by atoms with Crippen molar-refractivity contribution in [2.45, 2.75) is 44.5 Å². The minimum absolute atomic E-state index is 0.0873. The summed E-state index contributed by atoms with van der Waals surface area (Å²) in [6, 6.07) is 0. The van der Waals surface area contributed by atoms with Gasteiger partial charge in [-0.25, -0.2) is 4.98 Å². The molecule has 1 fully saturated rings. The SMILES string of the molecule is CCc1nn(C)c2c1nc(CCl)n2C1(C)CCCOC1. The summed E-state index contributed by atoms with van der Waals surface area (Å²) in [4.78, 5) is 4.74. The Balaban J connectivity index is 2.24. The number of alkyl halides is 1. The van der Waals surface area contributed by atoms with Gasteiger partial charge in [0.1, 0.15) is 11.3 Å². The Morgan fingerprint density at radius 2 is 2.25 bits per heavy atom. The molecule has 3 heterocycles. The van der Waals surface area contributed by atoms with Crippen LogP contribution in [-0.4, -0.2) is 32.5 Å². The summed E-state index contributed by atoms with van der Waals surface area (Å²) in [5.41, 5.74) is 2.99. The van der Waals surface area contributed by atoms with Gasteiger partial charge in [-0.15, -0.1) is 11.6 Å². The summed E-state index contributed by atoms with van der Waals surface area (Å²) in [6.45, 7) is 5.87. The zero-order valence-electron chi connectivity index (χ0n) is 12.3. The molecule has 1 saturated heterocycles. The maximum absolute atomic E-state index is 6.14. The topological polar surface area (TPSA) is 44.9 Å². The van der Waals surface area contributed by atoms with E-state index in [1.54, 1.807) is 0 Å². The Bertz CT molecular complexity index is 625. The minimum Gasteiger partial charge on any atom is -0.379 e. The fourth-order valence-corrected chi connectivity index (χ4v) is 3.39. The standard InChI is InChI=1S/C14H21ClN4O/c1-4-10-12-13(18(3)17-10)19(11(8-15)16-12)14(2)6-5-7-20-9-14/h4-9H2,1-3H3. The predicted molar refractivity (Wildman–Crippen MR) is 79.1 cm³/mol. The molecule has 1 aliphatic rings. The van der Waals surface area contributed by atoms with E-state index in [0.29, 0.717) is 12.5 Å². The van der Waals surface area contributed by atoms with Crippen molar-refractivity contribution in [2.24, 2.45) is 7.05 Å². The average molecular weight is 297 g/mol. The molecule has 2 aromatic heterocycles. The molecule has 5 nitrogen and oxygen atoms in total. The van der Waals surface area contributed by atoms with Gasteiger partial charge in [0.15, 0.2) is 5.65 Å². The Kier molecular flexibility index (Phi) is 3.50. The van der Waals surface area contributed by atoms with Crippen molar-refractivity contribution in [3.63, 3.8) is 0 Å². The highest BCUT2D eigenvalue weighted by Gasteiger charge is 2.34. The van der Waals surface area contributed by atoms with Crippen molar-refractivity contribution in [3.8, 4) is 0 Å². The molecule has 110 valence electrons. The normalized spacial score (nSPS) is 23.6. The van der Waals surface area contributed by atoms with Gasteiger partial charge in [0.05, 0.1) is 23.7 Å². The monoisotopic (exact) mass is 296 g/mol. The van der Waals surface area contributed by atoms with Crippen molar-refractivity contribution in [1.82, 2.24) is 19.3 Å². The lowest BCUT2D eigenvalue weighted by molar-refractivity contribution is 0.00991. The number of rotatable bonds is 3. The molecule has 1 aliphatic heterocycles. The first-order valence-corrected chi connectivity index (χ1v) is 7.71. The highest BCUT2D eigenvalue weighted by Crippen LogP contribution is 2.33. The molecule has 0 spiro atoms. The fourth-order valence-electron chi connectivity index (χ4n) is 3.22. The van der Waals surface area contributed by atoms with E-state index in [2.05, 4.69) is 23.5 Å². The van der Waals surface area contributed by atoms with E-state index < -0.39 is 0 Å². The number of fused-ring (bicyclic) bond motifs is 1. The second-order valence-electron chi connectivity index (χ2n) is 5.75. The molecule has 3 rings (SSSR count). The van der Waals surface area contributed by atoms with Gasteiger partial charge in [-0.3, -0.25) is 4.68 Å². The van der Waals surface area contributed by atoms with Gasteiger partial charge >= 0.3 is 0 Å². The van der Waals surface area contributed by atoms with Crippen molar-refractivity contribution < 1.29 is 4.74 Å². The first-order chi connectivity index (χ1) is 9.60. The van der Waals surface area contributed by atoms with E-state index in [4.69, 9.17) is 21.3 Å². The average Bonchev–Trinajstić information content (AvgIpc) is 2.97. The molecule has 0 radical (unpaired) electrons. The summed E-state index contributed by atoms with van der Waals surface area (Å²) in [5, 5.41) is 4.58. The van der Waals surface area contributed by atoms with E-state index in [9.17, 15) is 0 Å². The summed E-state index contributed by atoms with van der Waals surface area (Å²) in [5.74, 6) is 1.32. The molecule has 0 N–H and O–H groups in total. The molecule has 2 aromatic rings. The summed E-state index contributed by atoms with van der Waals surface area (Å²) in [7, 11) is 1.98. The molecule has 20 heavy (non-hydrogen) atoms. The Morgan fingerprint density at radius 3 is 2.85 bits per heavy atom. The van der Waals surface area contributed by atoms with E-state index in [1.165, 1.54) is 0 Å². The van der Waals surface area contributed by atoms with Crippen molar-refractivity contribution >= 4 is 22.8 Å². The van der Waals surface area contributed by atoms with Crippen LogP contribution in [0, 0.1) is 0 Å². The summed E-state index contributed by atoms with van der Waals surface area (Å²) < 4.78 is 9.89. The van der Waals surface area contributed by atoms with E-state index in [1.807, 2.05) is 11.7 Å². The lowest BCUT2D eigenvalue weighted by Crippen LogP contribution is -2.40. The van der Waals surface area contributed by atoms with Crippen LogP contribution >= 0.6 is 11.6 Å². The molecule has 0 saturated carbocycles. The van der Waals surface area contributed by atoms with E-state index in [0.717, 1.165) is 48.6 Å². The number of imidazole rings is 1. The highest BCUT2D eigenvalue weighted by molar-refractivity contribution is 6.16. The van der Waals surface area contributed by atoms with E-state index >= 15 is 0 Å². The second-order valence-corrected chi connectivity index (χ2v) is 6.01. The first kappa shape index (κ1) is 13.9. The van der Waals surface area contributed by atoms with Crippen molar-refractivity contribution in [1.29, 1.82) is 0 Å². The largest absolute Gasteiger partial charge is 0.379 e. The smallest absolute Gasteiger partial charge is 0.159 e. The summed E-state index contributed by atoms with van der Waals surface area (Å²) in [6.07, 6.45) is 3.02. The Hall–Kier alpha value is -1.07. The Labute approximate surface area is 123 Å². The molecule has 0 bridgehead atoms. The maximum atomic E-state index is 6.14. The molecular weight excluding hydrogens is 276 g/mol. The zero-order chi connectivity index (χ0) is 14.3. The number of halogens is 1. The van der Waals surface area contributed by atoms with Gasteiger partial charge in [0, 0.05) is 13.7 Å². The molecule has 0 amide bonds. The van der Waals surface area contributed by atoms with Gasteiger partial charge in [0.2, 0.25) is 0 Å². The van der Waals surface area contributed by atoms with Gasteiger partial charge < -0.3 is 9.30 Å². The van der Waals surface area contributed by atoms with Crippen LogP contribution in [-0.2, 0) is 29.6 Å². The van der Waals surface area contributed by atoms with Gasteiger partial charge in [-0.2, -0.15) is 5.10 Å². The number of aromatic nitrogens is 4. The van der Waals surface area contributed by atoms with Crippen LogP contribution in [0.2, 0.25) is 0 Å². The lowest BCUT2D eigenvalue weighted by atomic mass is 9.94. The molecule has 1 atom stereocenters. The van der Waals surface area contributed by atoms with Gasteiger partial charge in [0.25, 0.3) is 0 Å². The second kappa shape index (κ2) is 5.04. The van der Waals surface area contributed by atoms with Crippen LogP contribution in [0.25, 0.3) is 11.2 Å². The van der Waals surface area contributed by atoms with Crippen LogP contribution in [0.15, 0.2) is 0 Å². The minimum atomic E-state index is -0.0873. The third-order valence-electron chi connectivity index (χ3n) is 4.18. The molecule has 0 aliphatic carbocycles. The predicted octanol–water partition coefficient (Wildman–Crippen LogP) is 2.60. The van der Waals surface area contributed by atoms with Gasteiger partial charge in [-0.05, 0) is 26.2 Å². The van der Waals surface area contributed by atoms with Crippen LogP contribution in [0.1, 0.15) is 38.2 Å². The van der Waals surface area contributed by atoms with E-state index in [-0.39, 0.29) is 5.54 Å². The number of ether oxygens (including phenoxy) is 1.